The van der Waals surface area contributed by atoms with Gasteiger partial charge in [-0.15, -0.1) is 0 Å². The van der Waals surface area contributed by atoms with E-state index in [0.717, 1.165) is 0 Å². The highest BCUT2D eigenvalue weighted by Gasteiger charge is 2.18. The van der Waals surface area contributed by atoms with Gasteiger partial charge in [0.15, 0.2) is 0 Å². The lowest BCUT2D eigenvalue weighted by atomic mass is 10.1. The highest BCUT2D eigenvalue weighted by atomic mass is 19.1. The molecule has 0 saturated carbocycles. The lowest BCUT2D eigenvalue weighted by Gasteiger charge is -2.09. The number of aromatic carboxylic acids is 1. The zero-order valence-corrected chi connectivity index (χ0v) is 8.83. The number of anilines is 1. The number of nitrogens with one attached hydrogen (secondary N) is 1. The van der Waals surface area contributed by atoms with Crippen molar-refractivity contribution in [3.8, 4) is 0 Å². The van der Waals surface area contributed by atoms with Crippen molar-refractivity contribution in [2.24, 2.45) is 5.73 Å². The molecule has 1 unspecified atom stereocenters. The summed E-state index contributed by atoms with van der Waals surface area (Å²) >= 11 is 0. The first-order valence-electron chi connectivity index (χ1n) is 4.61. The van der Waals surface area contributed by atoms with E-state index in [9.17, 15) is 18.4 Å². The monoisotopic (exact) mass is 244 g/mol. The molecule has 1 atom stereocenters. The average molecular weight is 244 g/mol. The molecule has 0 saturated heterocycles. The molecule has 0 bridgehead atoms. The Hall–Kier alpha value is -2.02. The normalized spacial score (nSPS) is 12.0. The smallest absolute Gasteiger partial charge is 0.341 e. The largest absolute Gasteiger partial charge is 0.477 e. The van der Waals surface area contributed by atoms with Crippen LogP contribution in [0.1, 0.15) is 17.3 Å². The van der Waals surface area contributed by atoms with Gasteiger partial charge < -0.3 is 16.2 Å². The fourth-order valence-electron chi connectivity index (χ4n) is 1.11. The van der Waals surface area contributed by atoms with Gasteiger partial charge in [-0.05, 0) is 19.1 Å². The van der Waals surface area contributed by atoms with Gasteiger partial charge in [0.25, 0.3) is 0 Å². The van der Waals surface area contributed by atoms with Gasteiger partial charge in [-0.1, -0.05) is 0 Å². The Kier molecular flexibility index (Phi) is 3.74. The number of hydrogen-bond acceptors (Lipinski definition) is 3. The van der Waals surface area contributed by atoms with Crippen molar-refractivity contribution in [3.05, 3.63) is 29.3 Å². The molecule has 0 aliphatic carbocycles. The maximum atomic E-state index is 13.2. The first-order chi connectivity index (χ1) is 7.82. The van der Waals surface area contributed by atoms with E-state index in [-0.39, 0.29) is 5.69 Å². The van der Waals surface area contributed by atoms with Crippen LogP contribution in [0.15, 0.2) is 12.1 Å². The molecule has 1 aromatic carbocycles. The number of carboxylic acids is 1. The lowest BCUT2D eigenvalue weighted by Crippen LogP contribution is -2.32. The molecule has 0 heterocycles. The minimum absolute atomic E-state index is 0.188. The number of halogens is 2. The molecule has 5 nitrogen and oxygen atoms in total. The first-order valence-corrected chi connectivity index (χ1v) is 4.61. The summed E-state index contributed by atoms with van der Waals surface area (Å²) in [6, 6.07) is 0.583. The van der Waals surface area contributed by atoms with Crippen molar-refractivity contribution in [1.82, 2.24) is 0 Å². The SMILES string of the molecule is CC(N)C(=O)Nc1cc(F)c(C(=O)O)c(F)c1. The second kappa shape index (κ2) is 4.88. The quantitative estimate of drug-likeness (QED) is 0.738. The third kappa shape index (κ3) is 2.97. The van der Waals surface area contributed by atoms with Crippen molar-refractivity contribution in [1.29, 1.82) is 0 Å². The van der Waals surface area contributed by atoms with Crippen molar-refractivity contribution >= 4 is 17.6 Å². The summed E-state index contributed by atoms with van der Waals surface area (Å²) in [6.07, 6.45) is 0. The fourth-order valence-corrected chi connectivity index (χ4v) is 1.11. The zero-order chi connectivity index (χ0) is 13.2. The minimum Gasteiger partial charge on any atom is -0.477 e. The molecular formula is C10H10F2N2O3. The molecule has 7 heteroatoms. The van der Waals surface area contributed by atoms with Crippen LogP contribution in [0.25, 0.3) is 0 Å². The Labute approximate surface area is 95.2 Å². The van der Waals surface area contributed by atoms with E-state index in [4.69, 9.17) is 10.8 Å². The predicted molar refractivity (Wildman–Crippen MR) is 55.6 cm³/mol. The predicted octanol–water partition coefficient (Wildman–Crippen LogP) is 0.949. The van der Waals surface area contributed by atoms with Crippen LogP contribution < -0.4 is 11.1 Å². The Balaban J connectivity index is 3.07. The van der Waals surface area contributed by atoms with Crippen LogP contribution in [0, 0.1) is 11.6 Å². The maximum Gasteiger partial charge on any atom is 0.341 e. The summed E-state index contributed by atoms with van der Waals surface area (Å²) in [6.45, 7) is 1.40. The molecule has 0 aliphatic rings. The van der Waals surface area contributed by atoms with Gasteiger partial charge in [-0.2, -0.15) is 0 Å². The molecule has 4 N–H and O–H groups in total. The van der Waals surface area contributed by atoms with Gasteiger partial charge in [0, 0.05) is 5.69 Å². The summed E-state index contributed by atoms with van der Waals surface area (Å²) < 4.78 is 26.4. The van der Waals surface area contributed by atoms with Gasteiger partial charge in [-0.25, -0.2) is 13.6 Å². The summed E-state index contributed by atoms with van der Waals surface area (Å²) in [7, 11) is 0. The van der Waals surface area contributed by atoms with E-state index in [0.29, 0.717) is 12.1 Å². The van der Waals surface area contributed by atoms with Crippen molar-refractivity contribution in [2.45, 2.75) is 13.0 Å². The first kappa shape index (κ1) is 13.0. The standard InChI is InChI=1S/C10H10F2N2O3/c1-4(13)9(15)14-5-2-6(11)8(10(16)17)7(12)3-5/h2-4H,13H2,1H3,(H,14,15)(H,16,17). The summed E-state index contributed by atoms with van der Waals surface area (Å²) in [5.41, 5.74) is 3.99. The van der Waals surface area contributed by atoms with Crippen LogP contribution in [0.2, 0.25) is 0 Å². The number of carbonyl (C=O) groups excluding carboxylic acids is 1. The molecule has 92 valence electrons. The van der Waals surface area contributed by atoms with Crippen molar-refractivity contribution in [2.75, 3.05) is 5.32 Å². The highest BCUT2D eigenvalue weighted by Crippen LogP contribution is 2.19. The number of carbonyl (C=O) groups is 2. The van der Waals surface area contributed by atoms with Crippen LogP contribution in [0.5, 0.6) is 0 Å². The van der Waals surface area contributed by atoms with Crippen LogP contribution in [-0.4, -0.2) is 23.0 Å². The van der Waals surface area contributed by atoms with Crippen LogP contribution in [0.4, 0.5) is 14.5 Å². The Morgan fingerprint density at radius 3 is 2.18 bits per heavy atom. The molecule has 0 aliphatic heterocycles. The molecule has 1 rings (SSSR count). The van der Waals surface area contributed by atoms with E-state index in [1.165, 1.54) is 6.92 Å². The number of hydrogen-bond donors (Lipinski definition) is 3. The second-order valence-corrected chi connectivity index (χ2v) is 3.40. The maximum absolute atomic E-state index is 13.2. The molecule has 1 amide bonds. The second-order valence-electron chi connectivity index (χ2n) is 3.40. The van der Waals surface area contributed by atoms with Gasteiger partial charge in [-0.3, -0.25) is 4.79 Å². The molecular weight excluding hydrogens is 234 g/mol. The number of amides is 1. The Bertz CT molecular complexity index is 452. The van der Waals surface area contributed by atoms with Crippen molar-refractivity contribution < 1.29 is 23.5 Å². The van der Waals surface area contributed by atoms with Gasteiger partial charge in [0.05, 0.1) is 6.04 Å². The van der Waals surface area contributed by atoms with E-state index in [1.54, 1.807) is 0 Å². The number of rotatable bonds is 3. The highest BCUT2D eigenvalue weighted by molar-refractivity contribution is 5.95. The lowest BCUT2D eigenvalue weighted by molar-refractivity contribution is -0.117. The van der Waals surface area contributed by atoms with E-state index in [1.807, 2.05) is 0 Å². The molecule has 0 aromatic heterocycles. The average Bonchev–Trinajstić information content (AvgIpc) is 2.15. The summed E-state index contributed by atoms with van der Waals surface area (Å²) in [4.78, 5) is 21.7. The fraction of sp³-hybridized carbons (Fsp3) is 0.200. The van der Waals surface area contributed by atoms with Crippen LogP contribution in [-0.2, 0) is 4.79 Å². The number of carboxylic acid groups (broad SMARTS) is 1. The molecule has 0 spiro atoms. The topological polar surface area (TPSA) is 92.4 Å². The summed E-state index contributed by atoms with van der Waals surface area (Å²) in [5.74, 6) is -4.88. The number of benzene rings is 1. The third-order valence-corrected chi connectivity index (χ3v) is 1.94. The third-order valence-electron chi connectivity index (χ3n) is 1.94. The molecule has 17 heavy (non-hydrogen) atoms. The van der Waals surface area contributed by atoms with E-state index < -0.39 is 35.1 Å². The molecule has 0 radical (unpaired) electrons. The Morgan fingerprint density at radius 2 is 1.82 bits per heavy atom. The van der Waals surface area contributed by atoms with Gasteiger partial charge in [0.2, 0.25) is 5.91 Å². The van der Waals surface area contributed by atoms with Crippen molar-refractivity contribution in [3.63, 3.8) is 0 Å². The molecule has 1 aromatic rings. The van der Waals surface area contributed by atoms with Gasteiger partial charge in [0.1, 0.15) is 17.2 Å². The zero-order valence-electron chi connectivity index (χ0n) is 8.83. The van der Waals surface area contributed by atoms with E-state index in [2.05, 4.69) is 5.32 Å². The Morgan fingerprint density at radius 1 is 1.35 bits per heavy atom. The van der Waals surface area contributed by atoms with Crippen LogP contribution in [0.3, 0.4) is 0 Å². The van der Waals surface area contributed by atoms with E-state index >= 15 is 0 Å². The number of nitrogens with two attached hydrogens (primary N) is 1. The minimum atomic E-state index is -1.72. The van der Waals surface area contributed by atoms with Gasteiger partial charge >= 0.3 is 5.97 Å². The molecule has 0 fully saturated rings. The van der Waals surface area contributed by atoms with Crippen LogP contribution >= 0.6 is 0 Å². The summed E-state index contributed by atoms with van der Waals surface area (Å²) in [5, 5.41) is 10.7.